The molecule has 0 N–H and O–H groups in total. The third-order valence-corrected chi connectivity index (χ3v) is 8.28. The molecular weight excluding hydrogens is 452 g/mol. The van der Waals surface area contributed by atoms with Crippen LogP contribution in [0, 0.1) is 0 Å². The summed E-state index contributed by atoms with van der Waals surface area (Å²) in [7, 11) is 2.93. The number of methoxy groups -OCH3 is 2. The molecule has 0 aliphatic rings. The fraction of sp³-hybridized carbons (Fsp3) is 0.926. The summed E-state index contributed by atoms with van der Waals surface area (Å²) in [5, 5.41) is 0.811. The van der Waals surface area contributed by atoms with Gasteiger partial charge in [0.15, 0.2) is 0 Å². The first-order chi connectivity index (χ1) is 16.1. The first-order valence-electron chi connectivity index (χ1n) is 13.4. The van der Waals surface area contributed by atoms with Crippen LogP contribution in [0.25, 0.3) is 0 Å². The molecule has 0 aliphatic heterocycles. The molecule has 0 saturated carbocycles. The lowest BCUT2D eigenvalue weighted by atomic mass is 10.0. The molecule has 33 heavy (non-hydrogen) atoms. The van der Waals surface area contributed by atoms with Crippen molar-refractivity contribution in [3.63, 3.8) is 0 Å². The third kappa shape index (κ3) is 24.6. The maximum atomic E-state index is 11.2. The van der Waals surface area contributed by atoms with Crippen LogP contribution in [-0.4, -0.2) is 49.2 Å². The Morgan fingerprint density at radius 2 is 0.970 bits per heavy atom. The van der Waals surface area contributed by atoms with Gasteiger partial charge in [0.1, 0.15) is 0 Å². The van der Waals surface area contributed by atoms with E-state index in [1.165, 1.54) is 109 Å². The summed E-state index contributed by atoms with van der Waals surface area (Å²) >= 11 is 4.18. The van der Waals surface area contributed by atoms with Gasteiger partial charge in [-0.1, -0.05) is 70.6 Å². The molecule has 0 saturated heterocycles. The summed E-state index contributed by atoms with van der Waals surface area (Å²) in [5.74, 6) is 2.46. The number of hydrogen-bond acceptors (Lipinski definition) is 6. The minimum atomic E-state index is -0.0809. The minimum absolute atomic E-state index is 0.0802. The zero-order valence-corrected chi connectivity index (χ0v) is 23.5. The number of carbonyl (C=O) groups is 2. The van der Waals surface area contributed by atoms with Crippen molar-refractivity contribution in [2.75, 3.05) is 32.0 Å². The number of rotatable bonds is 25. The molecule has 196 valence electrons. The number of hydrogen-bond donors (Lipinski definition) is 0. The lowest BCUT2D eigenvalue weighted by Gasteiger charge is -2.17. The molecule has 0 spiro atoms. The predicted octanol–water partition coefficient (Wildman–Crippen LogP) is 8.21. The van der Waals surface area contributed by atoms with Crippen LogP contribution >= 0.6 is 23.5 Å². The fourth-order valence-corrected chi connectivity index (χ4v) is 5.85. The molecule has 0 aromatic rings. The van der Waals surface area contributed by atoms with Gasteiger partial charge >= 0.3 is 11.9 Å². The van der Waals surface area contributed by atoms with Crippen LogP contribution in [0.4, 0.5) is 0 Å². The van der Waals surface area contributed by atoms with Crippen molar-refractivity contribution in [1.82, 2.24) is 0 Å². The highest BCUT2D eigenvalue weighted by atomic mass is 32.2. The van der Waals surface area contributed by atoms with Crippen LogP contribution < -0.4 is 0 Å². The highest BCUT2D eigenvalue weighted by Crippen LogP contribution is 2.26. The first-order valence-corrected chi connectivity index (χ1v) is 15.8. The second kappa shape index (κ2) is 26.2. The molecule has 1 atom stereocenters. The number of thioether (sulfide) groups is 2. The average Bonchev–Trinajstić information content (AvgIpc) is 2.83. The SMILES string of the molecule is COC(=O)CCCCCCCCC(CCCCCCCC(=O)OC)SCCCCCCSC. The standard InChI is InChI=1S/C27H52O4S2/c1-30-26(28)21-15-9-5-4-7-13-19-25(33-24-18-12-11-17-23-32-3)20-14-8-6-10-16-22-27(29)31-2/h25H,4-24H2,1-3H3. The van der Waals surface area contributed by atoms with Gasteiger partial charge in [-0.3, -0.25) is 9.59 Å². The molecule has 0 radical (unpaired) electrons. The number of esters is 2. The molecule has 1 unspecified atom stereocenters. The summed E-state index contributed by atoms with van der Waals surface area (Å²) < 4.78 is 9.41. The first kappa shape index (κ1) is 32.6. The van der Waals surface area contributed by atoms with Gasteiger partial charge in [0.2, 0.25) is 0 Å². The highest BCUT2D eigenvalue weighted by molar-refractivity contribution is 7.99. The van der Waals surface area contributed by atoms with Gasteiger partial charge in [0.05, 0.1) is 14.2 Å². The van der Waals surface area contributed by atoms with Crippen molar-refractivity contribution in [2.45, 2.75) is 127 Å². The molecule has 6 heteroatoms. The third-order valence-electron chi connectivity index (χ3n) is 6.12. The molecule has 4 nitrogen and oxygen atoms in total. The Labute approximate surface area is 213 Å². The van der Waals surface area contributed by atoms with Gasteiger partial charge in [0, 0.05) is 18.1 Å². The molecule has 0 aromatic heterocycles. The average molecular weight is 505 g/mol. The van der Waals surface area contributed by atoms with Crippen molar-refractivity contribution in [3.05, 3.63) is 0 Å². The topological polar surface area (TPSA) is 52.6 Å². The van der Waals surface area contributed by atoms with Gasteiger partial charge in [-0.2, -0.15) is 23.5 Å². The zero-order chi connectivity index (χ0) is 24.4. The van der Waals surface area contributed by atoms with Crippen LogP contribution in [0.5, 0.6) is 0 Å². The lowest BCUT2D eigenvalue weighted by molar-refractivity contribution is -0.141. The van der Waals surface area contributed by atoms with Crippen LogP contribution in [0.2, 0.25) is 0 Å². The monoisotopic (exact) mass is 504 g/mol. The molecule has 0 aromatic carbocycles. The van der Waals surface area contributed by atoms with E-state index in [9.17, 15) is 9.59 Å². The smallest absolute Gasteiger partial charge is 0.305 e. The van der Waals surface area contributed by atoms with E-state index < -0.39 is 0 Å². The minimum Gasteiger partial charge on any atom is -0.469 e. The normalized spacial score (nSPS) is 12.0. The largest absolute Gasteiger partial charge is 0.469 e. The van der Waals surface area contributed by atoms with Crippen LogP contribution in [0.15, 0.2) is 0 Å². The summed E-state index contributed by atoms with van der Waals surface area (Å²) in [5.41, 5.74) is 0. The van der Waals surface area contributed by atoms with Crippen molar-refractivity contribution < 1.29 is 19.1 Å². The number of carbonyl (C=O) groups excluding carboxylic acids is 2. The van der Waals surface area contributed by atoms with E-state index in [4.69, 9.17) is 9.47 Å². The van der Waals surface area contributed by atoms with Crippen molar-refractivity contribution >= 4 is 35.5 Å². The zero-order valence-electron chi connectivity index (χ0n) is 21.9. The molecule has 0 fully saturated rings. The van der Waals surface area contributed by atoms with Gasteiger partial charge in [0.25, 0.3) is 0 Å². The number of unbranched alkanes of at least 4 members (excludes halogenated alkanes) is 12. The molecule has 0 heterocycles. The van der Waals surface area contributed by atoms with Crippen molar-refractivity contribution in [1.29, 1.82) is 0 Å². The Morgan fingerprint density at radius 1 is 0.576 bits per heavy atom. The maximum absolute atomic E-state index is 11.2. The van der Waals surface area contributed by atoms with E-state index in [0.29, 0.717) is 12.8 Å². The van der Waals surface area contributed by atoms with Gasteiger partial charge in [-0.05, 0) is 56.3 Å². The Balaban J connectivity index is 3.92. The number of ether oxygens (including phenoxy) is 2. The van der Waals surface area contributed by atoms with Crippen molar-refractivity contribution in [2.24, 2.45) is 0 Å². The van der Waals surface area contributed by atoms with E-state index in [-0.39, 0.29) is 11.9 Å². The Kier molecular flexibility index (Phi) is 26.0. The molecule has 0 rings (SSSR count). The van der Waals surface area contributed by atoms with E-state index in [1.54, 1.807) is 0 Å². The summed E-state index contributed by atoms with van der Waals surface area (Å²) in [6.45, 7) is 0. The maximum Gasteiger partial charge on any atom is 0.305 e. The highest BCUT2D eigenvalue weighted by Gasteiger charge is 2.09. The molecule has 0 amide bonds. The van der Waals surface area contributed by atoms with Crippen LogP contribution in [0.1, 0.15) is 122 Å². The van der Waals surface area contributed by atoms with E-state index >= 15 is 0 Å². The second-order valence-electron chi connectivity index (χ2n) is 9.02. The summed E-state index contributed by atoms with van der Waals surface area (Å²) in [4.78, 5) is 22.3. The predicted molar refractivity (Wildman–Crippen MR) is 146 cm³/mol. The van der Waals surface area contributed by atoms with Crippen LogP contribution in [-0.2, 0) is 19.1 Å². The lowest BCUT2D eigenvalue weighted by Crippen LogP contribution is -2.05. The quantitative estimate of drug-likeness (QED) is 0.0922. The van der Waals surface area contributed by atoms with E-state index in [0.717, 1.165) is 30.9 Å². The molecule has 0 bridgehead atoms. The Morgan fingerprint density at radius 3 is 1.42 bits per heavy atom. The van der Waals surface area contributed by atoms with Gasteiger partial charge in [-0.15, -0.1) is 0 Å². The van der Waals surface area contributed by atoms with Gasteiger partial charge < -0.3 is 9.47 Å². The van der Waals surface area contributed by atoms with Crippen LogP contribution in [0.3, 0.4) is 0 Å². The van der Waals surface area contributed by atoms with Crippen molar-refractivity contribution in [3.8, 4) is 0 Å². The van der Waals surface area contributed by atoms with Gasteiger partial charge in [-0.25, -0.2) is 0 Å². The second-order valence-corrected chi connectivity index (χ2v) is 11.4. The summed E-state index contributed by atoms with van der Waals surface area (Å²) in [6, 6.07) is 0. The summed E-state index contributed by atoms with van der Waals surface area (Å²) in [6.07, 6.45) is 24.7. The Hall–Kier alpha value is -0.360. The van der Waals surface area contributed by atoms with E-state index in [1.807, 2.05) is 11.8 Å². The molecular formula is C27H52O4S2. The van der Waals surface area contributed by atoms with E-state index in [2.05, 4.69) is 18.0 Å². The molecule has 0 aliphatic carbocycles. The Bertz CT molecular complexity index is 446. The fourth-order valence-electron chi connectivity index (χ4n) is 3.99.